The van der Waals surface area contributed by atoms with Crippen molar-refractivity contribution < 1.29 is 9.53 Å². The molecule has 6 nitrogen and oxygen atoms in total. The van der Waals surface area contributed by atoms with Gasteiger partial charge in [0.25, 0.3) is 0 Å². The number of imidazole rings is 1. The van der Waals surface area contributed by atoms with Crippen molar-refractivity contribution in [2.24, 2.45) is 0 Å². The number of aromatic nitrogens is 3. The standard InChI is InChI=1S/C26H28N4O2/c1-26(2,3)32-25(31)29-14-11-21(12-15-29)30-17-28-23-22(10-13-27-24(23)30)20-9-8-18-6-4-5-7-19(18)16-20/h4-10,13,16-17,21H,11-12,14-15H2,1-3H3. The lowest BCUT2D eigenvalue weighted by Gasteiger charge is -2.33. The third kappa shape index (κ3) is 3.93. The number of likely N-dealkylation sites (tertiary alicyclic amines) is 1. The minimum atomic E-state index is -0.475. The van der Waals surface area contributed by atoms with Crippen molar-refractivity contribution in [2.45, 2.75) is 45.3 Å². The van der Waals surface area contributed by atoms with Crippen molar-refractivity contribution >= 4 is 28.0 Å². The molecule has 0 saturated carbocycles. The van der Waals surface area contributed by atoms with Gasteiger partial charge in [0, 0.05) is 30.9 Å². The van der Waals surface area contributed by atoms with E-state index in [-0.39, 0.29) is 12.1 Å². The summed E-state index contributed by atoms with van der Waals surface area (Å²) >= 11 is 0. The molecule has 2 aromatic heterocycles. The molecule has 4 aromatic rings. The van der Waals surface area contributed by atoms with Crippen molar-refractivity contribution in [1.82, 2.24) is 19.4 Å². The summed E-state index contributed by atoms with van der Waals surface area (Å²) in [6.45, 7) is 7.03. The van der Waals surface area contributed by atoms with Gasteiger partial charge in [-0.25, -0.2) is 14.8 Å². The molecule has 0 aliphatic carbocycles. The molecule has 0 spiro atoms. The average molecular weight is 429 g/mol. The summed E-state index contributed by atoms with van der Waals surface area (Å²) in [5, 5.41) is 2.44. The zero-order chi connectivity index (χ0) is 22.3. The number of nitrogens with zero attached hydrogens (tertiary/aromatic N) is 4. The normalized spacial score (nSPS) is 15.4. The molecule has 1 fully saturated rings. The summed E-state index contributed by atoms with van der Waals surface area (Å²) in [4.78, 5) is 23.6. The highest BCUT2D eigenvalue weighted by Crippen LogP contribution is 2.32. The van der Waals surface area contributed by atoms with E-state index in [1.807, 2.05) is 39.4 Å². The van der Waals surface area contributed by atoms with Gasteiger partial charge in [-0.1, -0.05) is 36.4 Å². The molecule has 164 valence electrons. The molecule has 0 radical (unpaired) electrons. The van der Waals surface area contributed by atoms with E-state index in [1.165, 1.54) is 10.8 Å². The lowest BCUT2D eigenvalue weighted by molar-refractivity contribution is 0.0189. The Morgan fingerprint density at radius 1 is 1.00 bits per heavy atom. The number of rotatable bonds is 2. The van der Waals surface area contributed by atoms with E-state index in [0.29, 0.717) is 13.1 Å². The number of carbonyl (C=O) groups excluding carboxylic acids is 1. The molecule has 32 heavy (non-hydrogen) atoms. The van der Waals surface area contributed by atoms with Gasteiger partial charge in [0.1, 0.15) is 11.1 Å². The van der Waals surface area contributed by atoms with Crippen LogP contribution in [0.1, 0.15) is 39.7 Å². The SMILES string of the molecule is CC(C)(C)OC(=O)N1CCC(n2cnc3c(-c4ccc5ccccc5c4)ccnc32)CC1. The number of amides is 1. The van der Waals surface area contributed by atoms with E-state index in [1.54, 1.807) is 4.90 Å². The molecule has 0 bridgehead atoms. The molecule has 0 atom stereocenters. The monoisotopic (exact) mass is 428 g/mol. The molecule has 1 amide bonds. The Morgan fingerprint density at radius 2 is 1.75 bits per heavy atom. The van der Waals surface area contributed by atoms with E-state index in [0.717, 1.165) is 35.1 Å². The largest absolute Gasteiger partial charge is 0.444 e. The summed E-state index contributed by atoms with van der Waals surface area (Å²) in [7, 11) is 0. The van der Waals surface area contributed by atoms with Gasteiger partial charge >= 0.3 is 6.09 Å². The Bertz CT molecular complexity index is 1280. The fourth-order valence-corrected chi connectivity index (χ4v) is 4.44. The molecule has 1 aliphatic heterocycles. The average Bonchev–Trinajstić information content (AvgIpc) is 3.22. The zero-order valence-corrected chi connectivity index (χ0v) is 18.8. The van der Waals surface area contributed by atoms with Crippen molar-refractivity contribution in [3.63, 3.8) is 0 Å². The lowest BCUT2D eigenvalue weighted by atomic mass is 10.0. The molecule has 1 aliphatic rings. The van der Waals surface area contributed by atoms with Crippen molar-refractivity contribution in [3.8, 4) is 11.1 Å². The highest BCUT2D eigenvalue weighted by Gasteiger charge is 2.28. The van der Waals surface area contributed by atoms with Crippen LogP contribution in [0.25, 0.3) is 33.1 Å². The molecule has 0 unspecified atom stereocenters. The predicted molar refractivity (Wildman–Crippen MR) is 127 cm³/mol. The van der Waals surface area contributed by atoms with Crippen LogP contribution in [-0.2, 0) is 4.74 Å². The summed E-state index contributed by atoms with van der Waals surface area (Å²) in [6.07, 6.45) is 5.24. The smallest absolute Gasteiger partial charge is 0.410 e. The molecule has 6 heteroatoms. The first-order valence-electron chi connectivity index (χ1n) is 11.2. The number of benzene rings is 2. The lowest BCUT2D eigenvalue weighted by Crippen LogP contribution is -2.42. The van der Waals surface area contributed by atoms with Gasteiger partial charge in [-0.15, -0.1) is 0 Å². The van der Waals surface area contributed by atoms with E-state index in [2.05, 4.69) is 52.0 Å². The molecule has 3 heterocycles. The second-order valence-corrected chi connectivity index (χ2v) is 9.44. The van der Waals surface area contributed by atoms with E-state index in [9.17, 15) is 4.79 Å². The van der Waals surface area contributed by atoms with Crippen LogP contribution in [-0.4, -0.2) is 44.2 Å². The van der Waals surface area contributed by atoms with Crippen molar-refractivity contribution in [1.29, 1.82) is 0 Å². The first-order valence-corrected chi connectivity index (χ1v) is 11.2. The maximum absolute atomic E-state index is 12.4. The van der Waals surface area contributed by atoms with Gasteiger partial charge < -0.3 is 14.2 Å². The summed E-state index contributed by atoms with van der Waals surface area (Å²) < 4.78 is 7.70. The third-order valence-corrected chi connectivity index (χ3v) is 6.03. The minimum absolute atomic E-state index is 0.233. The quantitative estimate of drug-likeness (QED) is 0.403. The predicted octanol–water partition coefficient (Wildman–Crippen LogP) is 5.82. The second-order valence-electron chi connectivity index (χ2n) is 9.44. The third-order valence-electron chi connectivity index (χ3n) is 6.03. The van der Waals surface area contributed by atoms with Crippen LogP contribution in [0.3, 0.4) is 0 Å². The second kappa shape index (κ2) is 7.93. The fourth-order valence-electron chi connectivity index (χ4n) is 4.44. The number of hydrogen-bond acceptors (Lipinski definition) is 4. The highest BCUT2D eigenvalue weighted by atomic mass is 16.6. The first kappa shape index (κ1) is 20.5. The number of pyridine rings is 1. The van der Waals surface area contributed by atoms with Crippen LogP contribution < -0.4 is 0 Å². The topological polar surface area (TPSA) is 60.2 Å². The van der Waals surface area contributed by atoms with Crippen LogP contribution >= 0.6 is 0 Å². The first-order chi connectivity index (χ1) is 15.4. The summed E-state index contributed by atoms with van der Waals surface area (Å²) in [6, 6.07) is 17.2. The van der Waals surface area contributed by atoms with Crippen LogP contribution in [0.15, 0.2) is 61.1 Å². The van der Waals surface area contributed by atoms with E-state index < -0.39 is 5.60 Å². The van der Waals surface area contributed by atoms with E-state index in [4.69, 9.17) is 9.72 Å². The van der Waals surface area contributed by atoms with Crippen LogP contribution in [0.5, 0.6) is 0 Å². The number of fused-ring (bicyclic) bond motifs is 2. The van der Waals surface area contributed by atoms with Crippen molar-refractivity contribution in [3.05, 3.63) is 61.1 Å². The maximum Gasteiger partial charge on any atom is 0.410 e. The number of piperidine rings is 1. The van der Waals surface area contributed by atoms with Crippen molar-refractivity contribution in [2.75, 3.05) is 13.1 Å². The molecule has 2 aromatic carbocycles. The highest BCUT2D eigenvalue weighted by molar-refractivity contribution is 5.94. The van der Waals surface area contributed by atoms with Gasteiger partial charge in [-0.05, 0) is 62.1 Å². The van der Waals surface area contributed by atoms with E-state index >= 15 is 0 Å². The Balaban J connectivity index is 1.39. The Labute approximate surface area is 187 Å². The van der Waals surface area contributed by atoms with Gasteiger partial charge in [-0.2, -0.15) is 0 Å². The van der Waals surface area contributed by atoms with Crippen LogP contribution in [0.4, 0.5) is 4.79 Å². The molecular weight excluding hydrogens is 400 g/mol. The number of hydrogen-bond donors (Lipinski definition) is 0. The van der Waals surface area contributed by atoms with Gasteiger partial charge in [0.2, 0.25) is 0 Å². The fraction of sp³-hybridized carbons (Fsp3) is 0.346. The Morgan fingerprint density at radius 3 is 2.50 bits per heavy atom. The zero-order valence-electron chi connectivity index (χ0n) is 18.8. The van der Waals surface area contributed by atoms with Gasteiger partial charge in [0.05, 0.1) is 6.33 Å². The molecule has 1 saturated heterocycles. The molecular formula is C26H28N4O2. The maximum atomic E-state index is 12.4. The summed E-state index contributed by atoms with van der Waals surface area (Å²) in [5.74, 6) is 0. The Hall–Kier alpha value is -3.41. The van der Waals surface area contributed by atoms with Gasteiger partial charge in [0.15, 0.2) is 5.65 Å². The van der Waals surface area contributed by atoms with Crippen LogP contribution in [0.2, 0.25) is 0 Å². The van der Waals surface area contributed by atoms with Crippen LogP contribution in [0, 0.1) is 0 Å². The number of ether oxygens (including phenoxy) is 1. The molecule has 5 rings (SSSR count). The van der Waals surface area contributed by atoms with Gasteiger partial charge in [-0.3, -0.25) is 0 Å². The number of carbonyl (C=O) groups is 1. The minimum Gasteiger partial charge on any atom is -0.444 e. The summed E-state index contributed by atoms with van der Waals surface area (Å²) in [5.41, 5.74) is 3.56. The molecule has 0 N–H and O–H groups in total. The Kier molecular flexibility index (Phi) is 5.08.